The molecule has 1 aromatic heterocycles. The van der Waals surface area contributed by atoms with Gasteiger partial charge in [-0.1, -0.05) is 13.3 Å². The van der Waals surface area contributed by atoms with Gasteiger partial charge in [0.25, 0.3) is 0 Å². The fraction of sp³-hybridized carbons (Fsp3) is 0.500. The van der Waals surface area contributed by atoms with Crippen molar-refractivity contribution in [1.29, 1.82) is 0 Å². The number of nitrogens with one attached hydrogen (secondary N) is 1. The number of anilines is 1. The molecule has 0 aliphatic heterocycles. The summed E-state index contributed by atoms with van der Waals surface area (Å²) in [6.07, 6.45) is 2.93. The summed E-state index contributed by atoms with van der Waals surface area (Å²) in [4.78, 5) is 3.91. The Hall–Kier alpha value is -1.30. The summed E-state index contributed by atoms with van der Waals surface area (Å²) < 4.78 is 30.4. The summed E-state index contributed by atoms with van der Waals surface area (Å²) in [6.45, 7) is 1.95. The lowest BCUT2D eigenvalue weighted by Crippen LogP contribution is -2.16. The standard InChI is InChI=1S/C10H16N2O3S/c1-3-4-7-16(13,14)12-9-5-6-10(15-2)11-8-9/h5-6,8,12H,3-4,7H2,1-2H3. The first-order valence-corrected chi connectivity index (χ1v) is 6.73. The first-order valence-electron chi connectivity index (χ1n) is 5.08. The van der Waals surface area contributed by atoms with Crippen LogP contribution in [0.25, 0.3) is 0 Å². The van der Waals surface area contributed by atoms with E-state index < -0.39 is 10.0 Å². The summed E-state index contributed by atoms with van der Waals surface area (Å²) >= 11 is 0. The molecule has 5 nitrogen and oxygen atoms in total. The molecule has 0 radical (unpaired) electrons. The van der Waals surface area contributed by atoms with Crippen LogP contribution in [0.4, 0.5) is 5.69 Å². The Balaban J connectivity index is 2.65. The Kier molecular flexibility index (Phi) is 4.54. The first kappa shape index (κ1) is 12.8. The molecule has 1 heterocycles. The second-order valence-electron chi connectivity index (χ2n) is 3.36. The van der Waals surface area contributed by atoms with E-state index in [1.807, 2.05) is 6.92 Å². The number of hydrogen-bond acceptors (Lipinski definition) is 4. The third kappa shape index (κ3) is 4.06. The van der Waals surface area contributed by atoms with Crippen LogP contribution < -0.4 is 9.46 Å². The number of nitrogens with zero attached hydrogens (tertiary/aromatic N) is 1. The van der Waals surface area contributed by atoms with E-state index in [0.29, 0.717) is 18.0 Å². The molecular formula is C10H16N2O3S. The Morgan fingerprint density at radius 2 is 2.19 bits per heavy atom. The fourth-order valence-corrected chi connectivity index (χ4v) is 2.38. The molecule has 0 unspecified atom stereocenters. The van der Waals surface area contributed by atoms with Gasteiger partial charge in [-0.25, -0.2) is 13.4 Å². The Bertz CT molecular complexity index is 414. The van der Waals surface area contributed by atoms with E-state index >= 15 is 0 Å². The zero-order valence-corrected chi connectivity index (χ0v) is 10.3. The Labute approximate surface area is 95.9 Å². The Morgan fingerprint density at radius 1 is 1.44 bits per heavy atom. The fourth-order valence-electron chi connectivity index (χ4n) is 1.13. The lowest BCUT2D eigenvalue weighted by atomic mass is 10.4. The van der Waals surface area contributed by atoms with Crippen LogP contribution in [0.1, 0.15) is 19.8 Å². The predicted molar refractivity (Wildman–Crippen MR) is 63.1 cm³/mol. The lowest BCUT2D eigenvalue weighted by molar-refractivity contribution is 0.398. The van der Waals surface area contributed by atoms with Gasteiger partial charge in [0.1, 0.15) is 0 Å². The van der Waals surface area contributed by atoms with Gasteiger partial charge in [0.05, 0.1) is 24.7 Å². The smallest absolute Gasteiger partial charge is 0.232 e. The third-order valence-electron chi connectivity index (χ3n) is 1.99. The van der Waals surface area contributed by atoms with E-state index in [0.717, 1.165) is 6.42 Å². The van der Waals surface area contributed by atoms with E-state index in [2.05, 4.69) is 9.71 Å². The highest BCUT2D eigenvalue weighted by atomic mass is 32.2. The van der Waals surface area contributed by atoms with Crippen molar-refractivity contribution < 1.29 is 13.2 Å². The number of unbranched alkanes of at least 4 members (excludes halogenated alkanes) is 1. The minimum Gasteiger partial charge on any atom is -0.481 e. The molecular weight excluding hydrogens is 228 g/mol. The summed E-state index contributed by atoms with van der Waals surface area (Å²) in [5, 5.41) is 0. The topological polar surface area (TPSA) is 68.3 Å². The van der Waals surface area contributed by atoms with Crippen LogP contribution in [0.5, 0.6) is 5.88 Å². The van der Waals surface area contributed by atoms with Crippen molar-refractivity contribution in [3.8, 4) is 5.88 Å². The molecule has 0 saturated heterocycles. The molecule has 0 bridgehead atoms. The molecule has 0 fully saturated rings. The molecule has 0 aromatic carbocycles. The van der Waals surface area contributed by atoms with Crippen LogP contribution >= 0.6 is 0 Å². The van der Waals surface area contributed by atoms with Gasteiger partial charge in [0, 0.05) is 6.07 Å². The monoisotopic (exact) mass is 244 g/mol. The van der Waals surface area contributed by atoms with Crippen molar-refractivity contribution in [3.63, 3.8) is 0 Å². The third-order valence-corrected chi connectivity index (χ3v) is 3.36. The van der Waals surface area contributed by atoms with Crippen LogP contribution in [0, 0.1) is 0 Å². The molecule has 0 amide bonds. The van der Waals surface area contributed by atoms with E-state index in [1.54, 1.807) is 12.1 Å². The van der Waals surface area contributed by atoms with E-state index in [-0.39, 0.29) is 5.75 Å². The molecule has 1 rings (SSSR count). The number of aromatic nitrogens is 1. The zero-order valence-electron chi connectivity index (χ0n) is 9.43. The van der Waals surface area contributed by atoms with Crippen molar-refractivity contribution in [2.75, 3.05) is 17.6 Å². The number of pyridine rings is 1. The summed E-state index contributed by atoms with van der Waals surface area (Å²) in [7, 11) is -1.74. The number of hydrogen-bond donors (Lipinski definition) is 1. The van der Waals surface area contributed by atoms with Gasteiger partial charge in [-0.15, -0.1) is 0 Å². The van der Waals surface area contributed by atoms with Gasteiger partial charge >= 0.3 is 0 Å². The maximum absolute atomic E-state index is 11.5. The van der Waals surface area contributed by atoms with Crippen molar-refractivity contribution in [1.82, 2.24) is 4.98 Å². The molecule has 6 heteroatoms. The van der Waals surface area contributed by atoms with Crippen LogP contribution in [0.15, 0.2) is 18.3 Å². The first-order chi connectivity index (χ1) is 7.57. The molecule has 1 N–H and O–H groups in total. The van der Waals surface area contributed by atoms with Crippen molar-refractivity contribution in [3.05, 3.63) is 18.3 Å². The number of ether oxygens (including phenoxy) is 1. The highest BCUT2D eigenvalue weighted by molar-refractivity contribution is 7.92. The van der Waals surface area contributed by atoms with Crippen molar-refractivity contribution in [2.24, 2.45) is 0 Å². The summed E-state index contributed by atoms with van der Waals surface area (Å²) in [6, 6.07) is 3.23. The second kappa shape index (κ2) is 5.69. The number of rotatable bonds is 6. The maximum atomic E-state index is 11.5. The molecule has 0 aliphatic rings. The Morgan fingerprint density at radius 3 is 2.69 bits per heavy atom. The van der Waals surface area contributed by atoms with Gasteiger partial charge in [0.15, 0.2) is 0 Å². The normalized spacial score (nSPS) is 11.1. The highest BCUT2D eigenvalue weighted by Gasteiger charge is 2.09. The average Bonchev–Trinajstić information content (AvgIpc) is 2.27. The van der Waals surface area contributed by atoms with Gasteiger partial charge < -0.3 is 4.74 Å². The van der Waals surface area contributed by atoms with Crippen molar-refractivity contribution >= 4 is 15.7 Å². The van der Waals surface area contributed by atoms with Gasteiger partial charge in [-0.2, -0.15) is 0 Å². The maximum Gasteiger partial charge on any atom is 0.232 e. The van der Waals surface area contributed by atoms with Crippen LogP contribution in [0.3, 0.4) is 0 Å². The van der Waals surface area contributed by atoms with Gasteiger partial charge in [0.2, 0.25) is 15.9 Å². The van der Waals surface area contributed by atoms with Crippen LogP contribution in [0.2, 0.25) is 0 Å². The van der Waals surface area contributed by atoms with Crippen molar-refractivity contribution in [2.45, 2.75) is 19.8 Å². The predicted octanol–water partition coefficient (Wildman–Crippen LogP) is 1.63. The van der Waals surface area contributed by atoms with Crippen LogP contribution in [-0.4, -0.2) is 26.3 Å². The average molecular weight is 244 g/mol. The SMILES string of the molecule is CCCCS(=O)(=O)Nc1ccc(OC)nc1. The van der Waals surface area contributed by atoms with Gasteiger partial charge in [-0.3, -0.25) is 4.72 Å². The van der Waals surface area contributed by atoms with E-state index in [1.165, 1.54) is 13.3 Å². The molecule has 0 aliphatic carbocycles. The quantitative estimate of drug-likeness (QED) is 0.825. The summed E-state index contributed by atoms with van der Waals surface area (Å²) in [5.74, 6) is 0.590. The second-order valence-corrected chi connectivity index (χ2v) is 5.21. The molecule has 16 heavy (non-hydrogen) atoms. The van der Waals surface area contributed by atoms with E-state index in [9.17, 15) is 8.42 Å². The molecule has 1 aromatic rings. The number of sulfonamides is 1. The highest BCUT2D eigenvalue weighted by Crippen LogP contribution is 2.12. The van der Waals surface area contributed by atoms with E-state index in [4.69, 9.17) is 4.74 Å². The van der Waals surface area contributed by atoms with Crippen LogP contribution in [-0.2, 0) is 10.0 Å². The minimum absolute atomic E-state index is 0.134. The number of methoxy groups -OCH3 is 1. The minimum atomic E-state index is -3.25. The lowest BCUT2D eigenvalue weighted by Gasteiger charge is -2.07. The van der Waals surface area contributed by atoms with Gasteiger partial charge in [-0.05, 0) is 12.5 Å². The molecule has 90 valence electrons. The molecule has 0 atom stereocenters. The molecule has 0 saturated carbocycles. The summed E-state index contributed by atoms with van der Waals surface area (Å²) in [5.41, 5.74) is 0.455. The largest absolute Gasteiger partial charge is 0.481 e. The molecule has 0 spiro atoms. The zero-order chi connectivity index (χ0) is 12.0.